The number of hydrogen-bond donors (Lipinski definition) is 1. The Labute approximate surface area is 162 Å². The molecule has 0 unspecified atom stereocenters. The van der Waals surface area contributed by atoms with Crippen molar-refractivity contribution >= 4 is 29.4 Å². The number of benzene rings is 2. The predicted octanol–water partition coefficient (Wildman–Crippen LogP) is 2.99. The first-order chi connectivity index (χ1) is 13.4. The molecule has 0 heterocycles. The standard InChI is InChI=1S/C21H18N2O5/c1-14(24)18-5-3-4-6-19(18)23-20(25)13-28-21(26)16(12-22)11-15-7-9-17(27-2)10-8-15/h3-11H,13H2,1-2H3,(H,23,25)/b16-11+. The van der Waals surface area contributed by atoms with Crippen LogP contribution in [0.1, 0.15) is 22.8 Å². The number of nitrogens with one attached hydrogen (secondary N) is 1. The lowest BCUT2D eigenvalue weighted by molar-refractivity contribution is -0.142. The van der Waals surface area contributed by atoms with Crippen LogP contribution in [0.4, 0.5) is 5.69 Å². The van der Waals surface area contributed by atoms with E-state index in [0.717, 1.165) is 0 Å². The van der Waals surface area contributed by atoms with Gasteiger partial charge in [0, 0.05) is 5.56 Å². The van der Waals surface area contributed by atoms with Crippen molar-refractivity contribution in [2.24, 2.45) is 0 Å². The van der Waals surface area contributed by atoms with E-state index < -0.39 is 18.5 Å². The van der Waals surface area contributed by atoms with E-state index in [4.69, 9.17) is 9.47 Å². The Hall–Kier alpha value is -3.92. The molecule has 0 aromatic heterocycles. The minimum Gasteiger partial charge on any atom is -0.497 e. The van der Waals surface area contributed by atoms with E-state index in [1.54, 1.807) is 54.6 Å². The number of esters is 1. The van der Waals surface area contributed by atoms with Gasteiger partial charge in [0.25, 0.3) is 5.91 Å². The molecule has 2 aromatic rings. The molecule has 1 amide bonds. The van der Waals surface area contributed by atoms with Gasteiger partial charge in [-0.05, 0) is 42.8 Å². The molecule has 2 aromatic carbocycles. The molecule has 7 nitrogen and oxygen atoms in total. The van der Waals surface area contributed by atoms with Gasteiger partial charge in [-0.25, -0.2) is 4.79 Å². The third-order valence-electron chi connectivity index (χ3n) is 3.68. The summed E-state index contributed by atoms with van der Waals surface area (Å²) in [6.45, 7) is 0.793. The minimum absolute atomic E-state index is 0.206. The van der Waals surface area contributed by atoms with Crippen molar-refractivity contribution in [1.82, 2.24) is 0 Å². The van der Waals surface area contributed by atoms with Crippen LogP contribution in [0.15, 0.2) is 54.1 Å². The number of carbonyl (C=O) groups is 3. The van der Waals surface area contributed by atoms with Crippen molar-refractivity contribution in [2.45, 2.75) is 6.92 Å². The Balaban J connectivity index is 1.99. The summed E-state index contributed by atoms with van der Waals surface area (Å²) in [6.07, 6.45) is 1.35. The fourth-order valence-electron chi connectivity index (χ4n) is 2.30. The second-order valence-corrected chi connectivity index (χ2v) is 5.67. The van der Waals surface area contributed by atoms with E-state index in [9.17, 15) is 19.6 Å². The summed E-state index contributed by atoms with van der Waals surface area (Å²) in [5.41, 5.74) is 1.03. The number of ether oxygens (including phenoxy) is 2. The van der Waals surface area contributed by atoms with Crippen LogP contribution in [0.5, 0.6) is 5.75 Å². The Morgan fingerprint density at radius 1 is 1.11 bits per heavy atom. The first-order valence-electron chi connectivity index (χ1n) is 8.27. The van der Waals surface area contributed by atoms with E-state index in [0.29, 0.717) is 22.6 Å². The van der Waals surface area contributed by atoms with Crippen molar-refractivity contribution in [3.63, 3.8) is 0 Å². The zero-order valence-electron chi connectivity index (χ0n) is 15.4. The number of nitrogens with zero attached hydrogens (tertiary/aromatic N) is 1. The molecule has 0 aliphatic carbocycles. The summed E-state index contributed by atoms with van der Waals surface area (Å²) < 4.78 is 9.94. The van der Waals surface area contributed by atoms with E-state index in [1.807, 2.05) is 0 Å². The van der Waals surface area contributed by atoms with Crippen LogP contribution >= 0.6 is 0 Å². The highest BCUT2D eigenvalue weighted by molar-refractivity contribution is 6.04. The Morgan fingerprint density at radius 2 is 1.79 bits per heavy atom. The number of anilines is 1. The number of rotatable bonds is 7. The summed E-state index contributed by atoms with van der Waals surface area (Å²) in [7, 11) is 1.53. The van der Waals surface area contributed by atoms with Gasteiger partial charge in [-0.3, -0.25) is 9.59 Å². The maximum atomic E-state index is 12.1. The zero-order valence-corrected chi connectivity index (χ0v) is 15.4. The molecule has 0 aliphatic heterocycles. The second-order valence-electron chi connectivity index (χ2n) is 5.67. The Bertz CT molecular complexity index is 956. The average Bonchev–Trinajstić information content (AvgIpc) is 2.71. The smallest absolute Gasteiger partial charge is 0.349 e. The molecule has 0 radical (unpaired) electrons. The second kappa shape index (κ2) is 9.69. The van der Waals surface area contributed by atoms with Crippen LogP contribution in [-0.4, -0.2) is 31.4 Å². The van der Waals surface area contributed by atoms with Crippen LogP contribution in [-0.2, 0) is 14.3 Å². The molecule has 28 heavy (non-hydrogen) atoms. The van der Waals surface area contributed by atoms with Crippen molar-refractivity contribution in [2.75, 3.05) is 19.0 Å². The number of ketones is 1. The molecule has 0 saturated heterocycles. The molecule has 0 bridgehead atoms. The van der Waals surface area contributed by atoms with Gasteiger partial charge in [-0.15, -0.1) is 0 Å². The molecular formula is C21H18N2O5. The minimum atomic E-state index is -0.923. The van der Waals surface area contributed by atoms with E-state index in [2.05, 4.69) is 5.32 Å². The largest absolute Gasteiger partial charge is 0.497 e. The number of methoxy groups -OCH3 is 1. The van der Waals surface area contributed by atoms with Gasteiger partial charge in [0.15, 0.2) is 12.4 Å². The molecule has 0 saturated carbocycles. The quantitative estimate of drug-likeness (QED) is 0.344. The number of nitriles is 1. The highest BCUT2D eigenvalue weighted by atomic mass is 16.5. The van der Waals surface area contributed by atoms with Crippen LogP contribution in [0.3, 0.4) is 0 Å². The molecule has 0 spiro atoms. The lowest BCUT2D eigenvalue weighted by Crippen LogP contribution is -2.22. The molecule has 1 N–H and O–H groups in total. The van der Waals surface area contributed by atoms with Gasteiger partial charge >= 0.3 is 5.97 Å². The maximum Gasteiger partial charge on any atom is 0.349 e. The van der Waals surface area contributed by atoms with E-state index in [1.165, 1.54) is 20.1 Å². The number of amides is 1. The average molecular weight is 378 g/mol. The summed E-state index contributed by atoms with van der Waals surface area (Å²) in [6, 6.07) is 15.0. The third-order valence-corrected chi connectivity index (χ3v) is 3.68. The lowest BCUT2D eigenvalue weighted by Gasteiger charge is -2.09. The Kier molecular flexibility index (Phi) is 7.06. The van der Waals surface area contributed by atoms with Crippen molar-refractivity contribution in [3.05, 3.63) is 65.2 Å². The molecule has 2 rings (SSSR count). The van der Waals surface area contributed by atoms with Gasteiger partial charge in [0.1, 0.15) is 17.4 Å². The fourth-order valence-corrected chi connectivity index (χ4v) is 2.30. The number of carbonyl (C=O) groups excluding carboxylic acids is 3. The number of hydrogen-bond acceptors (Lipinski definition) is 6. The van der Waals surface area contributed by atoms with Crippen molar-refractivity contribution in [1.29, 1.82) is 5.26 Å². The summed E-state index contributed by atoms with van der Waals surface area (Å²) >= 11 is 0. The summed E-state index contributed by atoms with van der Waals surface area (Å²) in [4.78, 5) is 35.6. The Morgan fingerprint density at radius 3 is 2.39 bits per heavy atom. The van der Waals surface area contributed by atoms with Gasteiger partial charge in [-0.2, -0.15) is 5.26 Å². The van der Waals surface area contributed by atoms with Gasteiger partial charge in [0.2, 0.25) is 0 Å². The molecule has 0 aliphatic rings. The first-order valence-corrected chi connectivity index (χ1v) is 8.27. The van der Waals surface area contributed by atoms with Crippen LogP contribution < -0.4 is 10.1 Å². The lowest BCUT2D eigenvalue weighted by atomic mass is 10.1. The van der Waals surface area contributed by atoms with Crippen LogP contribution in [0.25, 0.3) is 6.08 Å². The monoisotopic (exact) mass is 378 g/mol. The first kappa shape index (κ1) is 20.4. The summed E-state index contributed by atoms with van der Waals surface area (Å²) in [5.74, 6) is -1.11. The third kappa shape index (κ3) is 5.54. The SMILES string of the molecule is COc1ccc(/C=C(\C#N)C(=O)OCC(=O)Nc2ccccc2C(C)=O)cc1. The van der Waals surface area contributed by atoms with Crippen LogP contribution in [0, 0.1) is 11.3 Å². The summed E-state index contributed by atoms with van der Waals surface area (Å²) in [5, 5.41) is 11.7. The van der Waals surface area contributed by atoms with Gasteiger partial charge < -0.3 is 14.8 Å². The zero-order chi connectivity index (χ0) is 20.5. The normalized spacial score (nSPS) is 10.5. The fraction of sp³-hybridized carbons (Fsp3) is 0.143. The van der Waals surface area contributed by atoms with E-state index >= 15 is 0 Å². The molecule has 142 valence electrons. The molecule has 0 fully saturated rings. The molecule has 7 heteroatoms. The van der Waals surface area contributed by atoms with Crippen molar-refractivity contribution < 1.29 is 23.9 Å². The van der Waals surface area contributed by atoms with Crippen LogP contribution in [0.2, 0.25) is 0 Å². The molecular weight excluding hydrogens is 360 g/mol. The number of Topliss-reactive ketones (excluding diaryl/α,β-unsaturated/α-hetero) is 1. The number of para-hydroxylation sites is 1. The predicted molar refractivity (Wildman–Crippen MR) is 103 cm³/mol. The molecule has 0 atom stereocenters. The highest BCUT2D eigenvalue weighted by Crippen LogP contribution is 2.16. The van der Waals surface area contributed by atoms with Crippen molar-refractivity contribution in [3.8, 4) is 11.8 Å². The van der Waals surface area contributed by atoms with Gasteiger partial charge in [0.05, 0.1) is 12.8 Å². The van der Waals surface area contributed by atoms with E-state index in [-0.39, 0.29) is 11.4 Å². The highest BCUT2D eigenvalue weighted by Gasteiger charge is 2.15. The topological polar surface area (TPSA) is 105 Å². The maximum absolute atomic E-state index is 12.1. The van der Waals surface area contributed by atoms with Gasteiger partial charge in [-0.1, -0.05) is 24.3 Å².